The summed E-state index contributed by atoms with van der Waals surface area (Å²) in [4.78, 5) is 0. The van der Waals surface area contributed by atoms with Crippen LogP contribution < -0.4 is 26.7 Å². The molecular formula is C14H20BFN8O3. The van der Waals surface area contributed by atoms with Crippen LogP contribution in [0.15, 0.2) is 28.0 Å². The van der Waals surface area contributed by atoms with Gasteiger partial charge in [-0.3, -0.25) is 5.41 Å². The summed E-state index contributed by atoms with van der Waals surface area (Å²) in [5, 5.41) is 47.2. The Morgan fingerprint density at radius 1 is 1.26 bits per heavy atom. The molecule has 27 heavy (non-hydrogen) atoms. The predicted octanol–water partition coefficient (Wildman–Crippen LogP) is -1.77. The van der Waals surface area contributed by atoms with Crippen LogP contribution in [0.5, 0.6) is 0 Å². The summed E-state index contributed by atoms with van der Waals surface area (Å²) in [5.41, 5.74) is 1.06. The van der Waals surface area contributed by atoms with Gasteiger partial charge in [0.2, 0.25) is 11.7 Å². The molecule has 0 aliphatic carbocycles. The third-order valence-corrected chi connectivity index (χ3v) is 3.37. The molecule has 1 aromatic heterocycles. The number of rotatable bonds is 8. The summed E-state index contributed by atoms with van der Waals surface area (Å²) in [6.07, 6.45) is 0. The number of amidine groups is 1. The summed E-state index contributed by atoms with van der Waals surface area (Å²) >= 11 is 0. The Kier molecular flexibility index (Phi) is 7.37. The quantitative estimate of drug-likeness (QED) is 0.0703. The lowest BCUT2D eigenvalue weighted by molar-refractivity contribution is 0.300. The zero-order chi connectivity index (χ0) is 19.6. The number of aromatic nitrogens is 2. The van der Waals surface area contributed by atoms with E-state index in [1.807, 2.05) is 0 Å². The molecule has 11 nitrogen and oxygen atoms in total. The van der Waals surface area contributed by atoms with Gasteiger partial charge in [-0.25, -0.2) is 9.02 Å². The van der Waals surface area contributed by atoms with E-state index in [9.17, 15) is 9.60 Å². The molecule has 0 saturated carbocycles. The number of guanidine groups is 1. The molecule has 0 spiro atoms. The third kappa shape index (κ3) is 5.85. The monoisotopic (exact) mass is 378 g/mol. The van der Waals surface area contributed by atoms with Gasteiger partial charge >= 0.3 is 0 Å². The molecular weight excluding hydrogens is 358 g/mol. The number of benzene rings is 1. The molecule has 0 aliphatic heterocycles. The second-order valence-electron chi connectivity index (χ2n) is 5.38. The zero-order valence-electron chi connectivity index (χ0n) is 14.6. The van der Waals surface area contributed by atoms with E-state index >= 15 is 0 Å². The molecule has 1 aromatic carbocycles. The fourth-order valence-electron chi connectivity index (χ4n) is 2.06. The molecule has 7 N–H and O–H groups in total. The van der Waals surface area contributed by atoms with Gasteiger partial charge in [-0.1, -0.05) is 10.6 Å². The minimum atomic E-state index is -0.347. The summed E-state index contributed by atoms with van der Waals surface area (Å²) in [7, 11) is 1.61. The third-order valence-electron chi connectivity index (χ3n) is 3.37. The van der Waals surface area contributed by atoms with Crippen LogP contribution >= 0.6 is 0 Å². The molecule has 0 aliphatic rings. The first-order valence-corrected chi connectivity index (χ1v) is 8.04. The van der Waals surface area contributed by atoms with Gasteiger partial charge in [-0.2, -0.15) is 0 Å². The van der Waals surface area contributed by atoms with Gasteiger partial charge in [0, 0.05) is 25.3 Å². The number of aliphatic hydroxyl groups excluding tert-OH is 1. The van der Waals surface area contributed by atoms with Crippen LogP contribution in [0, 0.1) is 11.2 Å². The molecule has 2 rings (SSSR count). The minimum absolute atomic E-state index is 0.0323. The molecule has 0 radical (unpaired) electrons. The number of hydrogen-bond donors (Lipinski definition) is 7. The van der Waals surface area contributed by atoms with Crippen LogP contribution in [-0.4, -0.2) is 66.5 Å². The predicted molar refractivity (Wildman–Crippen MR) is 100 cm³/mol. The maximum absolute atomic E-state index is 13.4. The average Bonchev–Trinajstić information content (AvgIpc) is 3.12. The fourth-order valence-corrected chi connectivity index (χ4v) is 2.06. The highest BCUT2D eigenvalue weighted by Crippen LogP contribution is 2.14. The van der Waals surface area contributed by atoms with Crippen molar-refractivity contribution in [3.8, 4) is 0 Å². The number of oxime groups is 1. The van der Waals surface area contributed by atoms with Crippen LogP contribution in [0.4, 0.5) is 15.9 Å². The van der Waals surface area contributed by atoms with E-state index in [4.69, 9.17) is 10.5 Å². The van der Waals surface area contributed by atoms with Crippen molar-refractivity contribution in [1.82, 2.24) is 20.9 Å². The van der Waals surface area contributed by atoms with Crippen molar-refractivity contribution in [3.63, 3.8) is 0 Å². The van der Waals surface area contributed by atoms with Crippen molar-refractivity contribution >= 4 is 36.6 Å². The zero-order valence-corrected chi connectivity index (χ0v) is 14.6. The highest BCUT2D eigenvalue weighted by Gasteiger charge is 2.17. The smallest absolute Gasteiger partial charge is 0.203 e. The molecule has 2 aromatic rings. The van der Waals surface area contributed by atoms with E-state index in [1.165, 1.54) is 12.1 Å². The second kappa shape index (κ2) is 9.96. The lowest BCUT2D eigenvalue weighted by Crippen LogP contribution is -2.39. The maximum Gasteiger partial charge on any atom is 0.203 e. The second-order valence-corrected chi connectivity index (χ2v) is 5.38. The lowest BCUT2D eigenvalue weighted by atomic mass is 9.95. The Bertz CT molecular complexity index is 800. The Hall–Kier alpha value is -3.35. The molecule has 0 atom stereocenters. The highest BCUT2D eigenvalue weighted by atomic mass is 19.1. The van der Waals surface area contributed by atoms with Crippen molar-refractivity contribution in [2.75, 3.05) is 36.9 Å². The molecule has 144 valence electrons. The van der Waals surface area contributed by atoms with Crippen molar-refractivity contribution in [1.29, 1.82) is 5.41 Å². The average molecular weight is 378 g/mol. The molecule has 0 unspecified atom stereocenters. The van der Waals surface area contributed by atoms with Crippen LogP contribution in [0.25, 0.3) is 0 Å². The largest absolute Gasteiger partial charge is 0.409 e. The molecule has 0 bridgehead atoms. The Morgan fingerprint density at radius 3 is 2.74 bits per heavy atom. The van der Waals surface area contributed by atoms with Gasteiger partial charge in [0.15, 0.2) is 11.7 Å². The van der Waals surface area contributed by atoms with E-state index in [1.54, 1.807) is 13.9 Å². The first-order chi connectivity index (χ1) is 13.0. The summed E-state index contributed by atoms with van der Waals surface area (Å²) in [6.45, 7) is 0.945. The van der Waals surface area contributed by atoms with Crippen LogP contribution in [0.1, 0.15) is 5.69 Å². The first-order valence-electron chi connectivity index (χ1n) is 8.04. The van der Waals surface area contributed by atoms with Crippen LogP contribution in [0.2, 0.25) is 0 Å². The van der Waals surface area contributed by atoms with Crippen molar-refractivity contribution in [2.45, 2.75) is 0 Å². The molecule has 13 heteroatoms. The molecule has 0 fully saturated rings. The van der Waals surface area contributed by atoms with E-state index < -0.39 is 0 Å². The number of hydrogen-bond acceptors (Lipinski definition) is 8. The number of nitrogens with zero attached hydrogens (tertiary/aromatic N) is 3. The summed E-state index contributed by atoms with van der Waals surface area (Å²) in [6, 6.07) is 4.33. The van der Waals surface area contributed by atoms with Gasteiger partial charge in [-0.05, 0) is 28.5 Å². The normalized spacial score (nSPS) is 11.1. The first kappa shape index (κ1) is 20.0. The van der Waals surface area contributed by atoms with Crippen LogP contribution in [-0.2, 0) is 0 Å². The molecule has 0 saturated heterocycles. The number of anilines is 2. The van der Waals surface area contributed by atoms with Gasteiger partial charge in [0.05, 0.1) is 6.61 Å². The van der Waals surface area contributed by atoms with Crippen molar-refractivity contribution in [3.05, 3.63) is 29.7 Å². The standard InChI is InChI=1S/C14H20BFN8O3/c15-9-7-8(1-2-10(9)16)21-13(22-26)11-12(24-27-23-11)18-3-4-19-14(17)20-5-6-25/h1-2,7,25-26H,3-6,15H2,(H,18,24)(H,21,22)(H3,17,19,20). The number of nitrogens with one attached hydrogen (secondary N) is 5. The van der Waals surface area contributed by atoms with E-state index in [2.05, 4.69) is 41.4 Å². The van der Waals surface area contributed by atoms with Crippen LogP contribution in [0.3, 0.4) is 0 Å². The van der Waals surface area contributed by atoms with Gasteiger partial charge < -0.3 is 31.6 Å². The topological polar surface area (TPSA) is 164 Å². The Morgan fingerprint density at radius 2 is 2.04 bits per heavy atom. The lowest BCUT2D eigenvalue weighted by Gasteiger charge is -2.10. The number of halogens is 1. The van der Waals surface area contributed by atoms with Gasteiger partial charge in [0.25, 0.3) is 0 Å². The summed E-state index contributed by atoms with van der Waals surface area (Å²) in [5.74, 6) is -0.0730. The van der Waals surface area contributed by atoms with Crippen molar-refractivity contribution < 1.29 is 19.3 Å². The Labute approximate surface area is 154 Å². The fraction of sp³-hybridized carbons (Fsp3) is 0.286. The SMILES string of the molecule is Bc1cc(N/C(=N\O)c2nonc2NCCNC(=N)NCCO)ccc1F. The van der Waals surface area contributed by atoms with E-state index in [0.717, 1.165) is 0 Å². The number of aliphatic hydroxyl groups is 1. The minimum Gasteiger partial charge on any atom is -0.409 e. The van der Waals surface area contributed by atoms with Crippen molar-refractivity contribution in [2.24, 2.45) is 5.16 Å². The summed E-state index contributed by atoms with van der Waals surface area (Å²) < 4.78 is 18.0. The molecule has 1 heterocycles. The molecule has 0 amide bonds. The highest BCUT2D eigenvalue weighted by molar-refractivity contribution is 6.32. The van der Waals surface area contributed by atoms with Gasteiger partial charge in [-0.15, -0.1) is 0 Å². The Balaban J connectivity index is 1.93. The maximum atomic E-state index is 13.4. The van der Waals surface area contributed by atoms with Gasteiger partial charge in [0.1, 0.15) is 13.7 Å². The van der Waals surface area contributed by atoms with E-state index in [-0.39, 0.29) is 42.3 Å². The van der Waals surface area contributed by atoms with E-state index in [0.29, 0.717) is 24.2 Å².